The lowest BCUT2D eigenvalue weighted by atomic mass is 10.0. The summed E-state index contributed by atoms with van der Waals surface area (Å²) in [4.78, 5) is 17.5. The van der Waals surface area contributed by atoms with Gasteiger partial charge in [0.1, 0.15) is 5.75 Å². The van der Waals surface area contributed by atoms with Gasteiger partial charge in [0.15, 0.2) is 5.78 Å². The average molecular weight is 386 g/mol. The van der Waals surface area contributed by atoms with E-state index >= 15 is 0 Å². The summed E-state index contributed by atoms with van der Waals surface area (Å²) in [5, 5.41) is 0. The lowest BCUT2D eigenvalue weighted by molar-refractivity contribution is 0.103. The molecule has 0 amide bonds. The molecule has 0 N–H and O–H groups in total. The number of anilines is 1. The van der Waals surface area contributed by atoms with Crippen molar-refractivity contribution in [3.63, 3.8) is 0 Å². The fraction of sp³-hybridized carbons (Fsp3) is 0.240. The minimum atomic E-state index is 0.0773. The van der Waals surface area contributed by atoms with Gasteiger partial charge >= 0.3 is 0 Å². The fourth-order valence-corrected chi connectivity index (χ4v) is 3.86. The van der Waals surface area contributed by atoms with Crippen LogP contribution >= 0.6 is 0 Å². The van der Waals surface area contributed by atoms with Crippen LogP contribution in [0.5, 0.6) is 5.75 Å². The first-order chi connectivity index (χ1) is 14.2. The predicted octanol–water partition coefficient (Wildman–Crippen LogP) is 4.25. The van der Waals surface area contributed by atoms with Crippen LogP contribution in [0.3, 0.4) is 0 Å². The second kappa shape index (κ2) is 8.93. The quantitative estimate of drug-likeness (QED) is 0.593. The van der Waals surface area contributed by atoms with Crippen molar-refractivity contribution in [2.75, 3.05) is 38.2 Å². The smallest absolute Gasteiger partial charge is 0.193 e. The number of para-hydroxylation sites is 2. The Morgan fingerprint density at radius 1 is 0.828 bits per heavy atom. The van der Waals surface area contributed by atoms with Crippen LogP contribution in [-0.4, -0.2) is 44.0 Å². The molecule has 29 heavy (non-hydrogen) atoms. The van der Waals surface area contributed by atoms with E-state index in [4.69, 9.17) is 4.74 Å². The Hall–Kier alpha value is -3.11. The maximum Gasteiger partial charge on any atom is 0.193 e. The molecule has 3 aromatic rings. The number of ether oxygens (including phenoxy) is 1. The molecule has 4 heteroatoms. The summed E-state index contributed by atoms with van der Waals surface area (Å²) in [6.45, 7) is 4.74. The van der Waals surface area contributed by atoms with E-state index in [-0.39, 0.29) is 5.78 Å². The Labute approximate surface area is 172 Å². The van der Waals surface area contributed by atoms with E-state index in [2.05, 4.69) is 28.0 Å². The summed E-state index contributed by atoms with van der Waals surface area (Å²) < 4.78 is 5.51. The van der Waals surface area contributed by atoms with Crippen molar-refractivity contribution in [3.05, 3.63) is 95.6 Å². The SMILES string of the molecule is COc1ccccc1N1CCN(Cc2cccc(C(=O)c3ccccc3)c2)CC1. The summed E-state index contributed by atoms with van der Waals surface area (Å²) in [5.41, 5.74) is 3.82. The molecule has 1 aliphatic heterocycles. The van der Waals surface area contributed by atoms with Crippen LogP contribution in [0.15, 0.2) is 78.9 Å². The van der Waals surface area contributed by atoms with E-state index in [0.717, 1.165) is 55.3 Å². The number of hydrogen-bond acceptors (Lipinski definition) is 4. The van der Waals surface area contributed by atoms with Gasteiger partial charge in [-0.15, -0.1) is 0 Å². The van der Waals surface area contributed by atoms with Crippen molar-refractivity contribution in [1.29, 1.82) is 0 Å². The topological polar surface area (TPSA) is 32.8 Å². The Kier molecular flexibility index (Phi) is 5.92. The molecule has 1 aliphatic rings. The molecule has 4 rings (SSSR count). The third kappa shape index (κ3) is 4.49. The van der Waals surface area contributed by atoms with E-state index in [1.165, 1.54) is 5.56 Å². The van der Waals surface area contributed by atoms with Gasteiger partial charge in [-0.25, -0.2) is 0 Å². The third-order valence-corrected chi connectivity index (χ3v) is 5.43. The zero-order valence-corrected chi connectivity index (χ0v) is 16.8. The number of carbonyl (C=O) groups is 1. The summed E-state index contributed by atoms with van der Waals surface area (Å²) in [7, 11) is 1.72. The summed E-state index contributed by atoms with van der Waals surface area (Å²) in [5.74, 6) is 1.00. The molecule has 0 spiro atoms. The first-order valence-electron chi connectivity index (χ1n) is 10.0. The summed E-state index contributed by atoms with van der Waals surface area (Å²) in [6, 6.07) is 25.7. The highest BCUT2D eigenvalue weighted by Crippen LogP contribution is 2.28. The standard InChI is InChI=1S/C25H26N2O2/c1-29-24-13-6-5-12-23(24)27-16-14-26(15-17-27)19-20-8-7-11-22(18-20)25(28)21-9-3-2-4-10-21/h2-13,18H,14-17,19H2,1H3. The number of piperazine rings is 1. The minimum Gasteiger partial charge on any atom is -0.495 e. The highest BCUT2D eigenvalue weighted by atomic mass is 16.5. The molecule has 0 saturated carbocycles. The van der Waals surface area contributed by atoms with Crippen molar-refractivity contribution < 1.29 is 9.53 Å². The Bertz CT molecular complexity index is 963. The lowest BCUT2D eigenvalue weighted by Crippen LogP contribution is -2.46. The third-order valence-electron chi connectivity index (χ3n) is 5.43. The van der Waals surface area contributed by atoms with Crippen LogP contribution in [0.4, 0.5) is 5.69 Å². The van der Waals surface area contributed by atoms with E-state index in [1.807, 2.05) is 60.7 Å². The number of carbonyl (C=O) groups excluding carboxylic acids is 1. The second-order valence-corrected chi connectivity index (χ2v) is 7.33. The van der Waals surface area contributed by atoms with E-state index in [1.54, 1.807) is 7.11 Å². The first kappa shape index (κ1) is 19.2. The van der Waals surface area contributed by atoms with Crippen LogP contribution in [0.25, 0.3) is 0 Å². The zero-order valence-electron chi connectivity index (χ0n) is 16.8. The number of methoxy groups -OCH3 is 1. The second-order valence-electron chi connectivity index (χ2n) is 7.33. The van der Waals surface area contributed by atoms with Crippen molar-refractivity contribution in [3.8, 4) is 5.75 Å². The highest BCUT2D eigenvalue weighted by Gasteiger charge is 2.20. The van der Waals surface area contributed by atoms with Gasteiger partial charge in [0.2, 0.25) is 0 Å². The molecule has 0 radical (unpaired) electrons. The fourth-order valence-electron chi connectivity index (χ4n) is 3.86. The van der Waals surface area contributed by atoms with Gasteiger partial charge < -0.3 is 9.64 Å². The van der Waals surface area contributed by atoms with E-state index in [0.29, 0.717) is 0 Å². The van der Waals surface area contributed by atoms with Crippen molar-refractivity contribution in [1.82, 2.24) is 4.90 Å². The van der Waals surface area contributed by atoms with E-state index < -0.39 is 0 Å². The molecule has 0 bridgehead atoms. The molecule has 1 fully saturated rings. The molecule has 0 aliphatic carbocycles. The van der Waals surface area contributed by atoms with E-state index in [9.17, 15) is 4.79 Å². The molecule has 0 atom stereocenters. The zero-order chi connectivity index (χ0) is 20.1. The van der Waals surface area contributed by atoms with Crippen LogP contribution in [0.2, 0.25) is 0 Å². The number of nitrogens with zero attached hydrogens (tertiary/aromatic N) is 2. The molecule has 4 nitrogen and oxygen atoms in total. The molecule has 3 aromatic carbocycles. The number of rotatable bonds is 6. The maximum absolute atomic E-state index is 12.7. The highest BCUT2D eigenvalue weighted by molar-refractivity contribution is 6.09. The summed E-state index contributed by atoms with van der Waals surface area (Å²) >= 11 is 0. The van der Waals surface area contributed by atoms with Crippen LogP contribution in [0, 0.1) is 0 Å². The van der Waals surface area contributed by atoms with Crippen LogP contribution in [0.1, 0.15) is 21.5 Å². The molecule has 0 unspecified atom stereocenters. The van der Waals surface area contributed by atoms with Gasteiger partial charge in [-0.3, -0.25) is 9.69 Å². The van der Waals surface area contributed by atoms with Crippen molar-refractivity contribution in [2.24, 2.45) is 0 Å². The Morgan fingerprint density at radius 3 is 2.28 bits per heavy atom. The monoisotopic (exact) mass is 386 g/mol. The minimum absolute atomic E-state index is 0.0773. The van der Waals surface area contributed by atoms with Crippen LogP contribution < -0.4 is 9.64 Å². The summed E-state index contributed by atoms with van der Waals surface area (Å²) in [6.07, 6.45) is 0. The Balaban J connectivity index is 1.39. The van der Waals surface area contributed by atoms with Crippen molar-refractivity contribution >= 4 is 11.5 Å². The maximum atomic E-state index is 12.7. The van der Waals surface area contributed by atoms with Crippen molar-refractivity contribution in [2.45, 2.75) is 6.54 Å². The lowest BCUT2D eigenvalue weighted by Gasteiger charge is -2.36. The van der Waals surface area contributed by atoms with Gasteiger partial charge in [-0.1, -0.05) is 60.7 Å². The number of ketones is 1. The molecular weight excluding hydrogens is 360 g/mol. The normalized spacial score (nSPS) is 14.6. The largest absolute Gasteiger partial charge is 0.495 e. The average Bonchev–Trinajstić information content (AvgIpc) is 2.80. The van der Waals surface area contributed by atoms with Gasteiger partial charge in [-0.05, 0) is 23.8 Å². The van der Waals surface area contributed by atoms with Gasteiger partial charge in [-0.2, -0.15) is 0 Å². The molecule has 1 saturated heterocycles. The Morgan fingerprint density at radius 2 is 1.52 bits per heavy atom. The molecule has 0 aromatic heterocycles. The predicted molar refractivity (Wildman–Crippen MR) is 117 cm³/mol. The number of hydrogen-bond donors (Lipinski definition) is 0. The van der Waals surface area contributed by atoms with Gasteiger partial charge in [0.25, 0.3) is 0 Å². The number of benzene rings is 3. The molecule has 148 valence electrons. The first-order valence-corrected chi connectivity index (χ1v) is 10.0. The molecular formula is C25H26N2O2. The van der Waals surface area contributed by atoms with Gasteiger partial charge in [0.05, 0.1) is 12.8 Å². The van der Waals surface area contributed by atoms with Gasteiger partial charge in [0, 0.05) is 43.9 Å². The van der Waals surface area contributed by atoms with Crippen LogP contribution in [-0.2, 0) is 6.54 Å². The molecule has 1 heterocycles.